The molecule has 3 unspecified atom stereocenters. The topological polar surface area (TPSA) is 87.7 Å². The van der Waals surface area contributed by atoms with Crippen LogP contribution in [0.1, 0.15) is 33.1 Å². The van der Waals surface area contributed by atoms with Crippen molar-refractivity contribution in [3.8, 4) is 0 Å². The largest absolute Gasteiger partial charge is 0.481 e. The van der Waals surface area contributed by atoms with Crippen LogP contribution in [0, 0.1) is 5.41 Å². The summed E-state index contributed by atoms with van der Waals surface area (Å²) in [6.45, 7) is 3.27. The van der Waals surface area contributed by atoms with Crippen molar-refractivity contribution in [2.75, 3.05) is 6.54 Å². The molecule has 0 aliphatic carbocycles. The fraction of sp³-hybridized carbons (Fsp3) is 0.833. The number of hydrogen-bond donors (Lipinski definition) is 3. The molecule has 2 amide bonds. The van der Waals surface area contributed by atoms with E-state index in [2.05, 4.69) is 10.6 Å². The lowest BCUT2D eigenvalue weighted by atomic mass is 9.94. The van der Waals surface area contributed by atoms with Crippen LogP contribution in [0.3, 0.4) is 0 Å². The molecule has 0 aromatic heterocycles. The van der Waals surface area contributed by atoms with E-state index in [0.717, 1.165) is 19.3 Å². The van der Waals surface area contributed by atoms with Gasteiger partial charge in [0.25, 0.3) is 0 Å². The zero-order valence-electron chi connectivity index (χ0n) is 10.7. The van der Waals surface area contributed by atoms with Gasteiger partial charge in [0.05, 0.1) is 23.7 Å². The van der Waals surface area contributed by atoms with Crippen LogP contribution >= 0.6 is 0 Å². The van der Waals surface area contributed by atoms with E-state index in [0.29, 0.717) is 0 Å². The van der Waals surface area contributed by atoms with Crippen LogP contribution in [-0.2, 0) is 9.53 Å². The van der Waals surface area contributed by atoms with Crippen molar-refractivity contribution >= 4 is 12.0 Å². The second-order valence-corrected chi connectivity index (χ2v) is 5.73. The van der Waals surface area contributed by atoms with E-state index in [1.165, 1.54) is 0 Å². The quantitative estimate of drug-likeness (QED) is 0.691. The lowest BCUT2D eigenvalue weighted by Gasteiger charge is -2.23. The number of aliphatic carboxylic acids is 1. The number of nitrogens with one attached hydrogen (secondary N) is 2. The minimum absolute atomic E-state index is 0.0664. The molecule has 2 aliphatic heterocycles. The molecule has 0 aromatic rings. The second-order valence-electron chi connectivity index (χ2n) is 5.73. The molecular formula is C12H20N2O4. The highest BCUT2D eigenvalue weighted by Gasteiger charge is 2.41. The first-order chi connectivity index (χ1) is 8.38. The highest BCUT2D eigenvalue weighted by molar-refractivity contribution is 5.77. The predicted octanol–water partition coefficient (Wildman–Crippen LogP) is 0.716. The number of carbonyl (C=O) groups is 2. The van der Waals surface area contributed by atoms with Gasteiger partial charge in [-0.15, -0.1) is 0 Å². The van der Waals surface area contributed by atoms with E-state index in [-0.39, 0.29) is 30.8 Å². The van der Waals surface area contributed by atoms with Crippen LogP contribution in [-0.4, -0.2) is 41.9 Å². The van der Waals surface area contributed by atoms with Gasteiger partial charge in [0.1, 0.15) is 0 Å². The lowest BCUT2D eigenvalue weighted by molar-refractivity contribution is -0.146. The summed E-state index contributed by atoms with van der Waals surface area (Å²) in [7, 11) is 0. The number of carbonyl (C=O) groups excluding carboxylic acids is 1. The number of carboxylic acid groups (broad SMARTS) is 1. The molecule has 18 heavy (non-hydrogen) atoms. The van der Waals surface area contributed by atoms with E-state index < -0.39 is 11.4 Å². The Morgan fingerprint density at radius 1 is 1.39 bits per heavy atom. The highest BCUT2D eigenvalue weighted by atomic mass is 16.5. The van der Waals surface area contributed by atoms with Crippen molar-refractivity contribution in [3.63, 3.8) is 0 Å². The zero-order chi connectivity index (χ0) is 13.3. The molecule has 6 nitrogen and oxygen atoms in total. The standard InChI is InChI=1S/C12H20N2O4/c1-12(2,10(15)16)6-13-11(17)14-8-5-7-3-4-9(8)18-7/h7-9H,3-6H2,1-2H3,(H,15,16)(H2,13,14,17). The maximum atomic E-state index is 11.7. The third kappa shape index (κ3) is 2.75. The van der Waals surface area contributed by atoms with Crippen LogP contribution in [0.4, 0.5) is 4.79 Å². The number of fused-ring (bicyclic) bond motifs is 2. The minimum atomic E-state index is -0.956. The number of hydrogen-bond acceptors (Lipinski definition) is 3. The molecule has 2 bridgehead atoms. The zero-order valence-corrected chi connectivity index (χ0v) is 10.7. The second kappa shape index (κ2) is 4.76. The summed E-state index contributed by atoms with van der Waals surface area (Å²) in [5.74, 6) is -0.925. The summed E-state index contributed by atoms with van der Waals surface area (Å²) in [5, 5.41) is 14.4. The third-order valence-corrected chi connectivity index (χ3v) is 3.69. The van der Waals surface area contributed by atoms with Crippen molar-refractivity contribution in [2.24, 2.45) is 5.41 Å². The number of carboxylic acids is 1. The Bertz CT molecular complexity index is 356. The fourth-order valence-electron chi connectivity index (χ4n) is 2.39. The Kier molecular flexibility index (Phi) is 3.47. The maximum Gasteiger partial charge on any atom is 0.315 e. The van der Waals surface area contributed by atoms with Gasteiger partial charge in [0.15, 0.2) is 0 Å². The van der Waals surface area contributed by atoms with Gasteiger partial charge in [-0.2, -0.15) is 0 Å². The smallest absolute Gasteiger partial charge is 0.315 e. The molecule has 2 aliphatic rings. The summed E-state index contributed by atoms with van der Waals surface area (Å²) >= 11 is 0. The molecule has 0 aromatic carbocycles. The van der Waals surface area contributed by atoms with E-state index in [9.17, 15) is 9.59 Å². The number of rotatable bonds is 4. The Morgan fingerprint density at radius 2 is 2.11 bits per heavy atom. The van der Waals surface area contributed by atoms with Crippen molar-refractivity contribution in [1.82, 2.24) is 10.6 Å². The van der Waals surface area contributed by atoms with E-state index in [1.807, 2.05) is 0 Å². The summed E-state index contributed by atoms with van der Waals surface area (Å²) in [4.78, 5) is 22.6. The van der Waals surface area contributed by atoms with E-state index >= 15 is 0 Å². The van der Waals surface area contributed by atoms with Crippen LogP contribution in [0.25, 0.3) is 0 Å². The van der Waals surface area contributed by atoms with Gasteiger partial charge in [-0.3, -0.25) is 4.79 Å². The molecule has 2 saturated heterocycles. The monoisotopic (exact) mass is 256 g/mol. The summed E-state index contributed by atoms with van der Waals surface area (Å²) in [6.07, 6.45) is 3.36. The average Bonchev–Trinajstić information content (AvgIpc) is 2.88. The van der Waals surface area contributed by atoms with Crippen molar-refractivity contribution in [1.29, 1.82) is 0 Å². The minimum Gasteiger partial charge on any atom is -0.481 e. The van der Waals surface area contributed by atoms with Gasteiger partial charge >= 0.3 is 12.0 Å². The van der Waals surface area contributed by atoms with Gasteiger partial charge < -0.3 is 20.5 Å². The van der Waals surface area contributed by atoms with Crippen LogP contribution in [0.15, 0.2) is 0 Å². The van der Waals surface area contributed by atoms with Gasteiger partial charge in [-0.05, 0) is 33.1 Å². The Labute approximate surface area is 106 Å². The number of ether oxygens (including phenoxy) is 1. The summed E-state index contributed by atoms with van der Waals surface area (Å²) in [6, 6.07) is -0.248. The SMILES string of the molecule is CC(C)(CNC(=O)NC1CC2CCC1O2)C(=O)O. The molecular weight excluding hydrogens is 236 g/mol. The van der Waals surface area contributed by atoms with Gasteiger partial charge in [0, 0.05) is 6.54 Å². The Hall–Kier alpha value is -1.30. The number of urea groups is 1. The fourth-order valence-corrected chi connectivity index (χ4v) is 2.39. The molecule has 3 atom stereocenters. The van der Waals surface area contributed by atoms with Gasteiger partial charge in [-0.25, -0.2) is 4.79 Å². The van der Waals surface area contributed by atoms with E-state index in [4.69, 9.17) is 9.84 Å². The Morgan fingerprint density at radius 3 is 2.61 bits per heavy atom. The lowest BCUT2D eigenvalue weighted by Crippen LogP contribution is -2.49. The third-order valence-electron chi connectivity index (χ3n) is 3.69. The molecule has 0 radical (unpaired) electrons. The summed E-state index contributed by atoms with van der Waals surface area (Å²) in [5.41, 5.74) is -0.956. The molecule has 2 fully saturated rings. The Balaban J connectivity index is 1.74. The normalized spacial score (nSPS) is 30.2. The first-order valence-corrected chi connectivity index (χ1v) is 6.32. The summed E-state index contributed by atoms with van der Waals surface area (Å²) < 4.78 is 5.63. The van der Waals surface area contributed by atoms with Crippen LogP contribution < -0.4 is 10.6 Å². The molecule has 102 valence electrons. The van der Waals surface area contributed by atoms with Crippen LogP contribution in [0.2, 0.25) is 0 Å². The van der Waals surface area contributed by atoms with Gasteiger partial charge in [-0.1, -0.05) is 0 Å². The molecule has 2 rings (SSSR count). The van der Waals surface area contributed by atoms with Crippen molar-refractivity contribution < 1.29 is 19.4 Å². The average molecular weight is 256 g/mol. The van der Waals surface area contributed by atoms with Crippen molar-refractivity contribution in [2.45, 2.75) is 51.4 Å². The van der Waals surface area contributed by atoms with Crippen LogP contribution in [0.5, 0.6) is 0 Å². The van der Waals surface area contributed by atoms with E-state index in [1.54, 1.807) is 13.8 Å². The molecule has 0 spiro atoms. The molecule has 6 heteroatoms. The first-order valence-electron chi connectivity index (χ1n) is 6.32. The van der Waals surface area contributed by atoms with Gasteiger partial charge in [0.2, 0.25) is 0 Å². The molecule has 3 N–H and O–H groups in total. The number of amides is 2. The maximum absolute atomic E-state index is 11.7. The molecule has 2 heterocycles. The highest BCUT2D eigenvalue weighted by Crippen LogP contribution is 2.34. The predicted molar refractivity (Wildman–Crippen MR) is 64.3 cm³/mol. The molecule has 0 saturated carbocycles. The first kappa shape index (κ1) is 13.1. The van der Waals surface area contributed by atoms with Crippen molar-refractivity contribution in [3.05, 3.63) is 0 Å².